The van der Waals surface area contributed by atoms with Crippen molar-refractivity contribution in [2.75, 3.05) is 13.1 Å². The molecule has 1 aromatic heterocycles. The largest absolute Gasteiger partial charge is 0.345 e. The van der Waals surface area contributed by atoms with E-state index < -0.39 is 0 Å². The van der Waals surface area contributed by atoms with Crippen LogP contribution in [0.1, 0.15) is 29.4 Å². The molecule has 2 N–H and O–H groups in total. The molecule has 1 atom stereocenters. The van der Waals surface area contributed by atoms with Gasteiger partial charge >= 0.3 is 0 Å². The third-order valence-corrected chi connectivity index (χ3v) is 3.75. The number of aromatic amines is 1. The van der Waals surface area contributed by atoms with Crippen LogP contribution in [0.5, 0.6) is 0 Å². The van der Waals surface area contributed by atoms with Crippen LogP contribution < -0.4 is 5.32 Å². The van der Waals surface area contributed by atoms with Crippen molar-refractivity contribution < 1.29 is 0 Å². The summed E-state index contributed by atoms with van der Waals surface area (Å²) >= 11 is 0. The Labute approximate surface area is 108 Å². The minimum atomic E-state index is 0.543. The van der Waals surface area contributed by atoms with E-state index in [4.69, 9.17) is 4.98 Å². The fourth-order valence-electron chi connectivity index (χ4n) is 2.67. The van der Waals surface area contributed by atoms with Crippen molar-refractivity contribution in [3.05, 3.63) is 41.3 Å². The maximum atomic E-state index is 4.83. The first kappa shape index (κ1) is 11.5. The molecule has 94 valence electrons. The van der Waals surface area contributed by atoms with Gasteiger partial charge in [-0.1, -0.05) is 24.3 Å². The van der Waals surface area contributed by atoms with Crippen molar-refractivity contribution in [3.63, 3.8) is 0 Å². The third kappa shape index (κ3) is 1.95. The van der Waals surface area contributed by atoms with Crippen LogP contribution >= 0.6 is 0 Å². The molecule has 0 spiro atoms. The van der Waals surface area contributed by atoms with E-state index >= 15 is 0 Å². The van der Waals surface area contributed by atoms with Gasteiger partial charge in [0.25, 0.3) is 0 Å². The molecule has 1 unspecified atom stereocenters. The zero-order chi connectivity index (χ0) is 12.5. The maximum Gasteiger partial charge on any atom is 0.111 e. The highest BCUT2D eigenvalue weighted by atomic mass is 15.0. The third-order valence-electron chi connectivity index (χ3n) is 3.75. The summed E-state index contributed by atoms with van der Waals surface area (Å²) in [5, 5.41) is 3.39. The maximum absolute atomic E-state index is 4.83. The highest BCUT2D eigenvalue weighted by molar-refractivity contribution is 5.65. The second-order valence-electron chi connectivity index (χ2n) is 5.10. The normalized spacial score (nSPS) is 19.3. The molecule has 1 aliphatic rings. The van der Waals surface area contributed by atoms with E-state index in [0.29, 0.717) is 5.92 Å². The van der Waals surface area contributed by atoms with Gasteiger partial charge in [0.15, 0.2) is 0 Å². The molecule has 2 aromatic rings. The van der Waals surface area contributed by atoms with Gasteiger partial charge < -0.3 is 10.3 Å². The first-order chi connectivity index (χ1) is 8.75. The average Bonchev–Trinajstić information content (AvgIpc) is 2.99. The average molecular weight is 241 g/mol. The van der Waals surface area contributed by atoms with E-state index in [9.17, 15) is 0 Å². The lowest BCUT2D eigenvalue weighted by Crippen LogP contribution is -2.08. The minimum Gasteiger partial charge on any atom is -0.345 e. The molecule has 1 aliphatic heterocycles. The molecule has 0 amide bonds. The Balaban J connectivity index is 2.00. The van der Waals surface area contributed by atoms with Crippen molar-refractivity contribution >= 4 is 0 Å². The molecule has 1 aromatic carbocycles. The number of rotatable bonds is 2. The van der Waals surface area contributed by atoms with E-state index in [1.807, 2.05) is 0 Å². The zero-order valence-corrected chi connectivity index (χ0v) is 11.0. The Morgan fingerprint density at radius 2 is 2.06 bits per heavy atom. The van der Waals surface area contributed by atoms with Gasteiger partial charge in [-0.05, 0) is 32.4 Å². The van der Waals surface area contributed by atoms with Crippen molar-refractivity contribution in [2.24, 2.45) is 0 Å². The molecule has 3 nitrogen and oxygen atoms in total. The first-order valence-electron chi connectivity index (χ1n) is 6.59. The summed E-state index contributed by atoms with van der Waals surface area (Å²) < 4.78 is 0. The number of aromatic nitrogens is 2. The van der Waals surface area contributed by atoms with Gasteiger partial charge in [0, 0.05) is 23.7 Å². The Bertz CT molecular complexity index is 551. The number of benzene rings is 1. The molecule has 0 bridgehead atoms. The van der Waals surface area contributed by atoms with Gasteiger partial charge in [0.2, 0.25) is 0 Å². The Morgan fingerprint density at radius 3 is 2.78 bits per heavy atom. The highest BCUT2D eigenvalue weighted by Crippen LogP contribution is 2.28. The summed E-state index contributed by atoms with van der Waals surface area (Å²) in [6.45, 7) is 6.39. The van der Waals surface area contributed by atoms with Gasteiger partial charge in [-0.15, -0.1) is 0 Å². The summed E-state index contributed by atoms with van der Waals surface area (Å²) in [4.78, 5) is 8.29. The molecule has 0 aliphatic carbocycles. The molecule has 1 saturated heterocycles. The van der Waals surface area contributed by atoms with Crippen LogP contribution in [0.2, 0.25) is 0 Å². The first-order valence-corrected chi connectivity index (χ1v) is 6.59. The van der Waals surface area contributed by atoms with Crippen LogP contribution in [-0.4, -0.2) is 23.1 Å². The predicted molar refractivity (Wildman–Crippen MR) is 73.7 cm³/mol. The van der Waals surface area contributed by atoms with Crippen molar-refractivity contribution in [1.29, 1.82) is 0 Å². The number of nitrogens with zero attached hydrogens (tertiary/aromatic N) is 1. The standard InChI is InChI=1S/C15H19N3/c1-10-5-3-4-6-13(10)14-11(2)17-15(18-14)12-7-8-16-9-12/h3-6,12,16H,7-9H2,1-2H3,(H,17,18). The van der Waals surface area contributed by atoms with E-state index in [0.717, 1.165) is 24.6 Å². The molecule has 3 heteroatoms. The quantitative estimate of drug-likeness (QED) is 0.848. The topological polar surface area (TPSA) is 40.7 Å². The molecule has 0 saturated carbocycles. The van der Waals surface area contributed by atoms with Crippen molar-refractivity contribution in [3.8, 4) is 11.3 Å². The number of hydrogen-bond donors (Lipinski definition) is 2. The van der Waals surface area contributed by atoms with E-state index in [1.165, 1.54) is 23.2 Å². The Hall–Kier alpha value is -1.61. The van der Waals surface area contributed by atoms with E-state index in [2.05, 4.69) is 48.4 Å². The van der Waals surface area contributed by atoms with Crippen LogP contribution in [0.15, 0.2) is 24.3 Å². The Kier molecular flexibility index (Phi) is 2.92. The summed E-state index contributed by atoms with van der Waals surface area (Å²) in [5.41, 5.74) is 4.80. The Morgan fingerprint density at radius 1 is 1.22 bits per heavy atom. The van der Waals surface area contributed by atoms with Gasteiger partial charge in [-0.3, -0.25) is 0 Å². The summed E-state index contributed by atoms with van der Waals surface area (Å²) in [5.74, 6) is 1.68. The number of hydrogen-bond acceptors (Lipinski definition) is 2. The van der Waals surface area contributed by atoms with Crippen LogP contribution in [0.4, 0.5) is 0 Å². The summed E-state index contributed by atoms with van der Waals surface area (Å²) in [7, 11) is 0. The molecule has 2 heterocycles. The molecular weight excluding hydrogens is 222 g/mol. The summed E-state index contributed by atoms with van der Waals surface area (Å²) in [6.07, 6.45) is 1.18. The molecule has 1 fully saturated rings. The lowest BCUT2D eigenvalue weighted by molar-refractivity contribution is 0.713. The minimum absolute atomic E-state index is 0.543. The fraction of sp³-hybridized carbons (Fsp3) is 0.400. The zero-order valence-electron chi connectivity index (χ0n) is 11.0. The fourth-order valence-corrected chi connectivity index (χ4v) is 2.67. The molecule has 18 heavy (non-hydrogen) atoms. The number of nitrogens with one attached hydrogen (secondary N) is 2. The van der Waals surface area contributed by atoms with Gasteiger partial charge in [0.1, 0.15) is 5.82 Å². The number of aryl methyl sites for hydroxylation is 2. The van der Waals surface area contributed by atoms with Crippen molar-refractivity contribution in [2.45, 2.75) is 26.2 Å². The van der Waals surface area contributed by atoms with E-state index in [1.54, 1.807) is 0 Å². The SMILES string of the molecule is Cc1ccccc1-c1nc(C2CCNC2)[nH]c1C. The lowest BCUT2D eigenvalue weighted by atomic mass is 10.1. The van der Waals surface area contributed by atoms with E-state index in [-0.39, 0.29) is 0 Å². The van der Waals surface area contributed by atoms with Crippen LogP contribution in [0.3, 0.4) is 0 Å². The predicted octanol–water partition coefficient (Wildman–Crippen LogP) is 2.77. The molecular formula is C15H19N3. The van der Waals surface area contributed by atoms with Crippen LogP contribution in [0.25, 0.3) is 11.3 Å². The second-order valence-corrected chi connectivity index (χ2v) is 5.10. The summed E-state index contributed by atoms with van der Waals surface area (Å²) in [6, 6.07) is 8.44. The molecule has 3 rings (SSSR count). The van der Waals surface area contributed by atoms with Gasteiger partial charge in [0.05, 0.1) is 5.69 Å². The molecule has 0 radical (unpaired) electrons. The highest BCUT2D eigenvalue weighted by Gasteiger charge is 2.21. The number of imidazole rings is 1. The lowest BCUT2D eigenvalue weighted by Gasteiger charge is -2.03. The smallest absolute Gasteiger partial charge is 0.111 e. The second kappa shape index (κ2) is 4.58. The van der Waals surface area contributed by atoms with Crippen LogP contribution in [0, 0.1) is 13.8 Å². The monoisotopic (exact) mass is 241 g/mol. The van der Waals surface area contributed by atoms with Crippen molar-refractivity contribution in [1.82, 2.24) is 15.3 Å². The van der Waals surface area contributed by atoms with Gasteiger partial charge in [-0.2, -0.15) is 0 Å². The van der Waals surface area contributed by atoms with Gasteiger partial charge in [-0.25, -0.2) is 4.98 Å². The van der Waals surface area contributed by atoms with Crippen LogP contribution in [-0.2, 0) is 0 Å². The number of H-pyrrole nitrogens is 1.